The predicted octanol–water partition coefficient (Wildman–Crippen LogP) is 3.32. The second-order valence-corrected chi connectivity index (χ2v) is 7.66. The third-order valence-electron chi connectivity index (χ3n) is 4.87. The predicted molar refractivity (Wildman–Crippen MR) is 116 cm³/mol. The normalized spacial score (nSPS) is 15.7. The minimum atomic E-state index is -0.698. The Hall–Kier alpha value is -2.25. The number of nitrogens with one attached hydrogen (secondary N) is 1. The van der Waals surface area contributed by atoms with Crippen molar-refractivity contribution < 1.29 is 23.9 Å². The molecule has 1 aromatic carbocycles. The molecule has 2 rings (SSSR count). The summed E-state index contributed by atoms with van der Waals surface area (Å²) in [5.41, 5.74) is 0.615. The van der Waals surface area contributed by atoms with E-state index >= 15 is 0 Å². The molecular formula is C21H26Cl2N2O5. The number of piperidine rings is 1. The van der Waals surface area contributed by atoms with Gasteiger partial charge in [0.05, 0.1) is 18.7 Å². The Morgan fingerprint density at radius 2 is 1.90 bits per heavy atom. The molecule has 1 fully saturated rings. The summed E-state index contributed by atoms with van der Waals surface area (Å²) in [7, 11) is 1.27. The number of methoxy groups -OCH3 is 1. The van der Waals surface area contributed by atoms with Gasteiger partial charge in [0.1, 0.15) is 16.8 Å². The Bertz CT molecular complexity index is 820. The molecule has 1 heterocycles. The van der Waals surface area contributed by atoms with Crippen molar-refractivity contribution in [3.63, 3.8) is 0 Å². The number of ether oxygens (including phenoxy) is 2. The molecule has 164 valence electrons. The molecule has 0 spiro atoms. The lowest BCUT2D eigenvalue weighted by Gasteiger charge is -2.31. The van der Waals surface area contributed by atoms with Crippen molar-refractivity contribution in [3.05, 3.63) is 33.8 Å². The van der Waals surface area contributed by atoms with E-state index in [2.05, 4.69) is 10.1 Å². The lowest BCUT2D eigenvalue weighted by molar-refractivity contribution is -0.145. The van der Waals surface area contributed by atoms with Gasteiger partial charge in [-0.2, -0.15) is 0 Å². The average Bonchev–Trinajstić information content (AvgIpc) is 2.75. The quantitative estimate of drug-likeness (QED) is 0.502. The zero-order valence-corrected chi connectivity index (χ0v) is 18.8. The molecule has 30 heavy (non-hydrogen) atoms. The van der Waals surface area contributed by atoms with Crippen LogP contribution in [0.15, 0.2) is 18.2 Å². The molecule has 0 bridgehead atoms. The van der Waals surface area contributed by atoms with Crippen LogP contribution in [-0.4, -0.2) is 55.5 Å². The molecule has 2 amide bonds. The maximum absolute atomic E-state index is 12.5. The molecule has 0 unspecified atom stereocenters. The summed E-state index contributed by atoms with van der Waals surface area (Å²) in [5.74, 6) is -0.614. The number of halogens is 2. The van der Waals surface area contributed by atoms with Crippen molar-refractivity contribution in [1.82, 2.24) is 10.2 Å². The summed E-state index contributed by atoms with van der Waals surface area (Å²) in [6.07, 6.45) is 4.10. The van der Waals surface area contributed by atoms with E-state index in [1.807, 2.05) is 6.92 Å². The first kappa shape index (κ1) is 24.0. The monoisotopic (exact) mass is 456 g/mol. The molecule has 9 heteroatoms. The number of hydrogen-bond acceptors (Lipinski definition) is 5. The van der Waals surface area contributed by atoms with Crippen molar-refractivity contribution in [2.75, 3.05) is 26.8 Å². The number of carbonyl (C=O) groups excluding carboxylic acids is 3. The number of benzene rings is 1. The number of amides is 2. The van der Waals surface area contributed by atoms with E-state index in [4.69, 9.17) is 27.9 Å². The van der Waals surface area contributed by atoms with Gasteiger partial charge in [-0.1, -0.05) is 23.2 Å². The van der Waals surface area contributed by atoms with Gasteiger partial charge in [0.25, 0.3) is 0 Å². The second kappa shape index (κ2) is 11.2. The van der Waals surface area contributed by atoms with Crippen LogP contribution in [0.5, 0.6) is 5.75 Å². The minimum absolute atomic E-state index is 0.169. The summed E-state index contributed by atoms with van der Waals surface area (Å²) in [6.45, 7) is 4.80. The van der Waals surface area contributed by atoms with Gasteiger partial charge in [0, 0.05) is 25.1 Å². The molecule has 0 aromatic heterocycles. The van der Waals surface area contributed by atoms with E-state index in [9.17, 15) is 14.4 Å². The average molecular weight is 457 g/mol. The van der Waals surface area contributed by atoms with Gasteiger partial charge >= 0.3 is 5.97 Å². The zero-order valence-electron chi connectivity index (χ0n) is 17.2. The topological polar surface area (TPSA) is 84.9 Å². The fraction of sp³-hybridized carbons (Fsp3) is 0.476. The summed E-state index contributed by atoms with van der Waals surface area (Å²) in [6, 6.07) is 2.75. The van der Waals surface area contributed by atoms with Crippen LogP contribution in [0, 0.1) is 5.92 Å². The Morgan fingerprint density at radius 3 is 2.50 bits per heavy atom. The molecule has 0 radical (unpaired) electrons. The van der Waals surface area contributed by atoms with Gasteiger partial charge in [0.15, 0.2) is 0 Å². The van der Waals surface area contributed by atoms with Crippen LogP contribution in [0.25, 0.3) is 6.08 Å². The van der Waals surface area contributed by atoms with E-state index < -0.39 is 12.0 Å². The molecule has 0 saturated carbocycles. The van der Waals surface area contributed by atoms with E-state index in [1.165, 1.54) is 13.2 Å². The Kier molecular flexibility index (Phi) is 8.99. The van der Waals surface area contributed by atoms with E-state index in [1.54, 1.807) is 30.0 Å². The maximum Gasteiger partial charge on any atom is 0.328 e. The molecular weight excluding hydrogens is 431 g/mol. The lowest BCUT2D eigenvalue weighted by atomic mass is 9.95. The van der Waals surface area contributed by atoms with Crippen LogP contribution in [0.4, 0.5) is 0 Å². The molecule has 1 atom stereocenters. The summed E-state index contributed by atoms with van der Waals surface area (Å²) in [5, 5.41) is 3.28. The third kappa shape index (κ3) is 6.12. The molecule has 1 aliphatic rings. The standard InChI is InChI=1S/C21H26Cl2N2O5/c1-4-30-16-7-5-14(18(22)19(16)23)6-8-17(26)25-11-9-15(10-12-25)20(27)24-13(2)21(28)29-3/h5-8,13,15H,4,9-12H2,1-3H3,(H,24,27)/b8-6+/t13-/m0/s1. The van der Waals surface area contributed by atoms with Crippen LogP contribution >= 0.6 is 23.2 Å². The van der Waals surface area contributed by atoms with Crippen molar-refractivity contribution in [3.8, 4) is 5.75 Å². The maximum atomic E-state index is 12.5. The van der Waals surface area contributed by atoms with Crippen molar-refractivity contribution in [2.45, 2.75) is 32.7 Å². The Morgan fingerprint density at radius 1 is 1.23 bits per heavy atom. The highest BCUT2D eigenvalue weighted by Crippen LogP contribution is 2.35. The molecule has 7 nitrogen and oxygen atoms in total. The number of likely N-dealkylation sites (tertiary alicyclic amines) is 1. The third-order valence-corrected chi connectivity index (χ3v) is 5.75. The van der Waals surface area contributed by atoms with Gasteiger partial charge in [-0.3, -0.25) is 9.59 Å². The smallest absolute Gasteiger partial charge is 0.328 e. The van der Waals surface area contributed by atoms with E-state index in [0.29, 0.717) is 53.9 Å². The van der Waals surface area contributed by atoms with Crippen molar-refractivity contribution >= 4 is 47.1 Å². The van der Waals surface area contributed by atoms with Crippen LogP contribution in [0.1, 0.15) is 32.3 Å². The summed E-state index contributed by atoms with van der Waals surface area (Å²) < 4.78 is 10.00. The highest BCUT2D eigenvalue weighted by Gasteiger charge is 2.28. The number of rotatable bonds is 7. The minimum Gasteiger partial charge on any atom is -0.492 e. The molecule has 0 aliphatic carbocycles. The van der Waals surface area contributed by atoms with Gasteiger partial charge < -0.3 is 19.7 Å². The largest absolute Gasteiger partial charge is 0.492 e. The van der Waals surface area contributed by atoms with Gasteiger partial charge in [-0.05, 0) is 50.5 Å². The summed E-state index contributed by atoms with van der Waals surface area (Å²) >= 11 is 12.5. The van der Waals surface area contributed by atoms with Crippen LogP contribution in [-0.2, 0) is 19.1 Å². The van der Waals surface area contributed by atoms with Crippen molar-refractivity contribution in [1.29, 1.82) is 0 Å². The molecule has 1 N–H and O–H groups in total. The second-order valence-electron chi connectivity index (χ2n) is 6.90. The lowest BCUT2D eigenvalue weighted by Crippen LogP contribution is -2.46. The fourth-order valence-corrected chi connectivity index (χ4v) is 3.58. The Balaban J connectivity index is 1.91. The first-order valence-electron chi connectivity index (χ1n) is 9.74. The van der Waals surface area contributed by atoms with Crippen LogP contribution < -0.4 is 10.1 Å². The zero-order chi connectivity index (χ0) is 22.3. The first-order valence-corrected chi connectivity index (χ1v) is 10.5. The molecule has 1 aromatic rings. The van der Waals surface area contributed by atoms with Gasteiger partial charge in [0.2, 0.25) is 11.8 Å². The highest BCUT2D eigenvalue weighted by atomic mass is 35.5. The number of esters is 1. The highest BCUT2D eigenvalue weighted by molar-refractivity contribution is 6.43. The first-order chi connectivity index (χ1) is 14.3. The summed E-state index contributed by atoms with van der Waals surface area (Å²) in [4.78, 5) is 37.9. The molecule has 1 saturated heterocycles. The SMILES string of the molecule is CCOc1ccc(/C=C/C(=O)N2CCC(C(=O)N[C@@H](C)C(=O)OC)CC2)c(Cl)c1Cl. The number of nitrogens with zero attached hydrogens (tertiary/aromatic N) is 1. The number of hydrogen-bond donors (Lipinski definition) is 1. The van der Waals surface area contributed by atoms with Gasteiger partial charge in [-0.15, -0.1) is 0 Å². The molecule has 1 aliphatic heterocycles. The van der Waals surface area contributed by atoms with Crippen LogP contribution in [0.3, 0.4) is 0 Å². The van der Waals surface area contributed by atoms with Crippen LogP contribution in [0.2, 0.25) is 10.0 Å². The number of carbonyl (C=O) groups is 3. The Labute approximate surface area is 186 Å². The van der Waals surface area contributed by atoms with Crippen molar-refractivity contribution in [2.24, 2.45) is 5.92 Å². The van der Waals surface area contributed by atoms with E-state index in [-0.39, 0.29) is 17.7 Å². The fourth-order valence-electron chi connectivity index (χ4n) is 3.14. The van der Waals surface area contributed by atoms with Gasteiger partial charge in [-0.25, -0.2) is 4.79 Å². The van der Waals surface area contributed by atoms with E-state index in [0.717, 1.165) is 0 Å².